The van der Waals surface area contributed by atoms with Gasteiger partial charge in [-0.3, -0.25) is 4.79 Å². The molecule has 1 aliphatic rings. The first-order valence-corrected chi connectivity index (χ1v) is 5.92. The van der Waals surface area contributed by atoms with Crippen LogP contribution in [0.1, 0.15) is 12.8 Å². The van der Waals surface area contributed by atoms with E-state index < -0.39 is 0 Å². The Morgan fingerprint density at radius 1 is 1.19 bits per heavy atom. The highest BCUT2D eigenvalue weighted by Crippen LogP contribution is 2.19. The molecule has 86 valence electrons. The van der Waals surface area contributed by atoms with Crippen LogP contribution in [0.4, 0.5) is 5.69 Å². The SMILES string of the molecule is O=C1CCNCCCN1c1ccc(Cl)cc1. The number of hydrogen-bond donors (Lipinski definition) is 1. The summed E-state index contributed by atoms with van der Waals surface area (Å²) in [7, 11) is 0. The Bertz CT molecular complexity index is 364. The maximum absolute atomic E-state index is 11.9. The molecule has 1 aromatic rings. The second-order valence-electron chi connectivity index (χ2n) is 3.88. The summed E-state index contributed by atoms with van der Waals surface area (Å²) in [6.07, 6.45) is 1.54. The summed E-state index contributed by atoms with van der Waals surface area (Å²) < 4.78 is 0. The molecule has 1 saturated heterocycles. The zero-order valence-electron chi connectivity index (χ0n) is 9.08. The number of amides is 1. The highest BCUT2D eigenvalue weighted by Gasteiger charge is 2.16. The third kappa shape index (κ3) is 2.74. The van der Waals surface area contributed by atoms with Crippen LogP contribution in [0.5, 0.6) is 0 Å². The van der Waals surface area contributed by atoms with E-state index in [1.54, 1.807) is 0 Å². The van der Waals surface area contributed by atoms with E-state index in [9.17, 15) is 4.79 Å². The third-order valence-corrected chi connectivity index (χ3v) is 2.94. The fourth-order valence-electron chi connectivity index (χ4n) is 1.84. The predicted molar refractivity (Wildman–Crippen MR) is 65.9 cm³/mol. The number of carbonyl (C=O) groups is 1. The molecule has 2 rings (SSSR count). The summed E-state index contributed by atoms with van der Waals surface area (Å²) in [6.45, 7) is 2.51. The van der Waals surface area contributed by atoms with E-state index in [0.717, 1.165) is 31.7 Å². The van der Waals surface area contributed by atoms with Gasteiger partial charge in [0.05, 0.1) is 0 Å². The largest absolute Gasteiger partial charge is 0.316 e. The van der Waals surface area contributed by atoms with Crippen molar-refractivity contribution in [3.63, 3.8) is 0 Å². The van der Waals surface area contributed by atoms with Crippen LogP contribution in [0.15, 0.2) is 24.3 Å². The van der Waals surface area contributed by atoms with Crippen LogP contribution >= 0.6 is 11.6 Å². The van der Waals surface area contributed by atoms with Gasteiger partial charge in [-0.15, -0.1) is 0 Å². The normalized spacial score (nSPS) is 18.1. The standard InChI is InChI=1S/C12H15ClN2O/c13-10-2-4-11(5-3-10)15-9-1-7-14-8-6-12(15)16/h2-5,14H,1,6-9H2. The lowest BCUT2D eigenvalue weighted by atomic mass is 10.2. The molecule has 0 aromatic heterocycles. The van der Waals surface area contributed by atoms with Gasteiger partial charge >= 0.3 is 0 Å². The van der Waals surface area contributed by atoms with Gasteiger partial charge in [-0.05, 0) is 37.2 Å². The average Bonchev–Trinajstić information content (AvgIpc) is 2.26. The lowest BCUT2D eigenvalue weighted by Gasteiger charge is -2.25. The zero-order valence-corrected chi connectivity index (χ0v) is 9.83. The minimum Gasteiger partial charge on any atom is -0.316 e. The Hall–Kier alpha value is -1.06. The van der Waals surface area contributed by atoms with Gasteiger partial charge in [-0.25, -0.2) is 0 Å². The Labute approximate surface area is 100 Å². The van der Waals surface area contributed by atoms with Crippen molar-refractivity contribution in [3.8, 4) is 0 Å². The first-order valence-electron chi connectivity index (χ1n) is 5.54. The van der Waals surface area contributed by atoms with Crippen molar-refractivity contribution in [2.24, 2.45) is 0 Å². The number of halogens is 1. The first-order chi connectivity index (χ1) is 7.77. The smallest absolute Gasteiger partial charge is 0.228 e. The number of hydrogen-bond acceptors (Lipinski definition) is 2. The van der Waals surface area contributed by atoms with Crippen molar-refractivity contribution in [1.82, 2.24) is 5.32 Å². The van der Waals surface area contributed by atoms with Gasteiger partial charge in [0.1, 0.15) is 0 Å². The molecule has 1 aromatic carbocycles. The predicted octanol–water partition coefficient (Wildman–Crippen LogP) is 2.06. The van der Waals surface area contributed by atoms with E-state index in [1.807, 2.05) is 29.2 Å². The molecule has 1 heterocycles. The first kappa shape index (κ1) is 11.4. The quantitative estimate of drug-likeness (QED) is 0.812. The van der Waals surface area contributed by atoms with Gasteiger partial charge < -0.3 is 10.2 Å². The molecule has 3 nitrogen and oxygen atoms in total. The van der Waals surface area contributed by atoms with E-state index in [0.29, 0.717) is 11.4 Å². The van der Waals surface area contributed by atoms with Gasteiger partial charge in [0.2, 0.25) is 5.91 Å². The molecular weight excluding hydrogens is 224 g/mol. The summed E-state index contributed by atoms with van der Waals surface area (Å²) in [6, 6.07) is 7.44. The van der Waals surface area contributed by atoms with Gasteiger partial charge in [0, 0.05) is 30.2 Å². The molecule has 0 atom stereocenters. The molecular formula is C12H15ClN2O. The fraction of sp³-hybridized carbons (Fsp3) is 0.417. The van der Waals surface area contributed by atoms with E-state index in [2.05, 4.69) is 5.32 Å². The van der Waals surface area contributed by atoms with Gasteiger partial charge in [-0.1, -0.05) is 11.6 Å². The number of anilines is 1. The topological polar surface area (TPSA) is 32.3 Å². The Morgan fingerprint density at radius 3 is 2.69 bits per heavy atom. The number of benzene rings is 1. The molecule has 16 heavy (non-hydrogen) atoms. The molecule has 0 unspecified atom stereocenters. The van der Waals surface area contributed by atoms with Crippen LogP contribution < -0.4 is 10.2 Å². The fourth-order valence-corrected chi connectivity index (χ4v) is 1.96. The number of nitrogens with one attached hydrogen (secondary N) is 1. The zero-order chi connectivity index (χ0) is 11.4. The summed E-state index contributed by atoms with van der Waals surface area (Å²) in [5.41, 5.74) is 0.941. The van der Waals surface area contributed by atoms with Crippen LogP contribution in [0, 0.1) is 0 Å². The van der Waals surface area contributed by atoms with Gasteiger partial charge in [-0.2, -0.15) is 0 Å². The van der Waals surface area contributed by atoms with Crippen LogP contribution in [0.2, 0.25) is 5.02 Å². The van der Waals surface area contributed by atoms with Crippen molar-refractivity contribution in [2.45, 2.75) is 12.8 Å². The summed E-state index contributed by atoms with van der Waals surface area (Å²) in [5.74, 6) is 0.175. The van der Waals surface area contributed by atoms with Crippen LogP contribution in [0.25, 0.3) is 0 Å². The second-order valence-corrected chi connectivity index (χ2v) is 4.31. The highest BCUT2D eigenvalue weighted by atomic mass is 35.5. The van der Waals surface area contributed by atoms with E-state index in [-0.39, 0.29) is 5.91 Å². The van der Waals surface area contributed by atoms with Gasteiger partial charge in [0.15, 0.2) is 0 Å². The van der Waals surface area contributed by atoms with Gasteiger partial charge in [0.25, 0.3) is 0 Å². The summed E-state index contributed by atoms with van der Waals surface area (Å²) in [5, 5.41) is 3.93. The molecule has 0 bridgehead atoms. The minimum atomic E-state index is 0.175. The molecule has 0 saturated carbocycles. The lowest BCUT2D eigenvalue weighted by Crippen LogP contribution is -2.38. The van der Waals surface area contributed by atoms with Crippen molar-refractivity contribution >= 4 is 23.2 Å². The van der Waals surface area contributed by atoms with Crippen LogP contribution in [-0.4, -0.2) is 25.5 Å². The maximum Gasteiger partial charge on any atom is 0.228 e. The molecule has 1 N–H and O–H groups in total. The van der Waals surface area contributed by atoms with Crippen molar-refractivity contribution in [3.05, 3.63) is 29.3 Å². The molecule has 0 radical (unpaired) electrons. The summed E-state index contributed by atoms with van der Waals surface area (Å²) in [4.78, 5) is 13.7. The Morgan fingerprint density at radius 2 is 1.94 bits per heavy atom. The van der Waals surface area contributed by atoms with Crippen molar-refractivity contribution in [1.29, 1.82) is 0 Å². The maximum atomic E-state index is 11.9. The lowest BCUT2D eigenvalue weighted by molar-refractivity contribution is -0.118. The molecule has 1 aliphatic heterocycles. The molecule has 1 fully saturated rings. The van der Waals surface area contributed by atoms with E-state index >= 15 is 0 Å². The van der Waals surface area contributed by atoms with Crippen LogP contribution in [-0.2, 0) is 4.79 Å². The minimum absolute atomic E-state index is 0.175. The van der Waals surface area contributed by atoms with E-state index in [1.165, 1.54) is 0 Å². The molecule has 4 heteroatoms. The van der Waals surface area contributed by atoms with Crippen LogP contribution in [0.3, 0.4) is 0 Å². The highest BCUT2D eigenvalue weighted by molar-refractivity contribution is 6.30. The Kier molecular flexibility index (Phi) is 3.80. The molecule has 0 spiro atoms. The van der Waals surface area contributed by atoms with Crippen molar-refractivity contribution in [2.75, 3.05) is 24.5 Å². The number of nitrogens with zero attached hydrogens (tertiary/aromatic N) is 1. The summed E-state index contributed by atoms with van der Waals surface area (Å²) >= 11 is 5.83. The number of rotatable bonds is 1. The molecule has 0 aliphatic carbocycles. The van der Waals surface area contributed by atoms with Crippen molar-refractivity contribution < 1.29 is 4.79 Å². The monoisotopic (exact) mass is 238 g/mol. The van der Waals surface area contributed by atoms with E-state index in [4.69, 9.17) is 11.6 Å². The molecule has 1 amide bonds. The Balaban J connectivity index is 2.15. The average molecular weight is 239 g/mol. The second kappa shape index (κ2) is 5.32. The third-order valence-electron chi connectivity index (χ3n) is 2.69. The number of carbonyl (C=O) groups excluding carboxylic acids is 1.